The van der Waals surface area contributed by atoms with Crippen molar-refractivity contribution in [1.82, 2.24) is 9.91 Å². The van der Waals surface area contributed by atoms with Crippen LogP contribution in [0.3, 0.4) is 0 Å². The Morgan fingerprint density at radius 2 is 1.92 bits per heavy atom. The zero-order chi connectivity index (χ0) is 26.4. The molecule has 1 aromatic heterocycles. The highest BCUT2D eigenvalue weighted by atomic mass is 32.1. The van der Waals surface area contributed by atoms with Gasteiger partial charge in [-0.05, 0) is 29.6 Å². The van der Waals surface area contributed by atoms with Crippen LogP contribution in [-0.4, -0.2) is 68.5 Å². The summed E-state index contributed by atoms with van der Waals surface area (Å²) in [7, 11) is 4.63. The number of carbonyl (C=O) groups is 2. The van der Waals surface area contributed by atoms with Crippen LogP contribution in [0.4, 0.5) is 4.39 Å². The second-order valence-electron chi connectivity index (χ2n) is 8.29. The molecule has 0 radical (unpaired) electrons. The number of thiophene rings is 1. The maximum absolute atomic E-state index is 14.9. The molecule has 0 spiro atoms. The van der Waals surface area contributed by atoms with Gasteiger partial charge in [0.15, 0.2) is 0 Å². The minimum Gasteiger partial charge on any atom is -0.497 e. The van der Waals surface area contributed by atoms with E-state index in [1.807, 2.05) is 0 Å². The lowest BCUT2D eigenvalue weighted by molar-refractivity contribution is -0.133. The Hall–Kier alpha value is -3.76. The number of nitrogens with zero attached hydrogens (tertiary/aromatic N) is 3. The third kappa shape index (κ3) is 5.81. The molecule has 1 unspecified atom stereocenters. The summed E-state index contributed by atoms with van der Waals surface area (Å²) in [5, 5.41) is 7.70. The molecule has 0 saturated heterocycles. The zero-order valence-corrected chi connectivity index (χ0v) is 21.7. The molecule has 1 aliphatic heterocycles. The summed E-state index contributed by atoms with van der Waals surface area (Å²) >= 11 is 1.30. The number of hydrogen-bond acceptors (Lipinski definition) is 7. The van der Waals surface area contributed by atoms with E-state index in [0.717, 1.165) is 0 Å². The van der Waals surface area contributed by atoms with Gasteiger partial charge in [0.05, 0.1) is 37.5 Å². The van der Waals surface area contributed by atoms with Gasteiger partial charge in [0.2, 0.25) is 0 Å². The molecule has 4 rings (SSSR count). The molecule has 0 fully saturated rings. The van der Waals surface area contributed by atoms with Crippen molar-refractivity contribution in [3.63, 3.8) is 0 Å². The first kappa shape index (κ1) is 26.3. The lowest BCUT2D eigenvalue weighted by Gasteiger charge is -2.26. The van der Waals surface area contributed by atoms with Crippen molar-refractivity contribution in [3.8, 4) is 11.5 Å². The van der Waals surface area contributed by atoms with Crippen molar-refractivity contribution in [2.24, 2.45) is 5.10 Å². The minimum atomic E-state index is -0.684. The highest BCUT2D eigenvalue weighted by Gasteiger charge is 2.36. The summed E-state index contributed by atoms with van der Waals surface area (Å²) in [5.41, 5.74) is 1.58. The summed E-state index contributed by atoms with van der Waals surface area (Å²) in [5.74, 6) is -0.0120. The van der Waals surface area contributed by atoms with Gasteiger partial charge in [0, 0.05) is 37.3 Å². The van der Waals surface area contributed by atoms with E-state index in [9.17, 15) is 14.0 Å². The van der Waals surface area contributed by atoms with Gasteiger partial charge in [-0.25, -0.2) is 9.40 Å². The summed E-state index contributed by atoms with van der Waals surface area (Å²) in [4.78, 5) is 28.7. The van der Waals surface area contributed by atoms with E-state index in [0.29, 0.717) is 33.2 Å². The topological polar surface area (TPSA) is 80.7 Å². The van der Waals surface area contributed by atoms with Crippen LogP contribution in [0.25, 0.3) is 0 Å². The normalized spacial score (nSPS) is 14.9. The largest absolute Gasteiger partial charge is 0.497 e. The van der Waals surface area contributed by atoms with Gasteiger partial charge in [-0.15, -0.1) is 11.3 Å². The summed E-state index contributed by atoms with van der Waals surface area (Å²) in [6, 6.07) is 14.4. The quantitative estimate of drug-likeness (QED) is 0.393. The van der Waals surface area contributed by atoms with Gasteiger partial charge in [0.25, 0.3) is 11.8 Å². The van der Waals surface area contributed by atoms with E-state index in [1.54, 1.807) is 61.0 Å². The van der Waals surface area contributed by atoms with Crippen molar-refractivity contribution < 1.29 is 28.2 Å². The van der Waals surface area contributed by atoms with Crippen LogP contribution in [0.15, 0.2) is 65.1 Å². The van der Waals surface area contributed by atoms with E-state index in [4.69, 9.17) is 14.2 Å². The lowest BCUT2D eigenvalue weighted by Crippen LogP contribution is -2.42. The number of hydrazone groups is 1. The number of rotatable bonds is 10. The number of hydrogen-bond donors (Lipinski definition) is 0. The van der Waals surface area contributed by atoms with Crippen molar-refractivity contribution >= 4 is 28.9 Å². The van der Waals surface area contributed by atoms with Gasteiger partial charge in [-0.3, -0.25) is 9.59 Å². The molecule has 8 nitrogen and oxygen atoms in total. The Balaban J connectivity index is 1.68. The molecule has 1 aliphatic rings. The third-order valence-corrected chi connectivity index (χ3v) is 6.92. The molecular weight excluding hydrogens is 497 g/mol. The fraction of sp³-hybridized carbons (Fsp3) is 0.296. The molecule has 2 aromatic carbocycles. The van der Waals surface area contributed by atoms with E-state index < -0.39 is 17.8 Å². The van der Waals surface area contributed by atoms with Gasteiger partial charge >= 0.3 is 0 Å². The van der Waals surface area contributed by atoms with Gasteiger partial charge in [-0.2, -0.15) is 5.10 Å². The number of amides is 2. The fourth-order valence-electron chi connectivity index (χ4n) is 4.17. The van der Waals surface area contributed by atoms with Gasteiger partial charge in [0.1, 0.15) is 23.9 Å². The molecule has 10 heteroatoms. The van der Waals surface area contributed by atoms with Crippen LogP contribution in [-0.2, 0) is 9.53 Å². The molecule has 0 bridgehead atoms. The SMILES string of the molecule is COCCN(CC(=O)N1N=C(c2ccc(OC)cc2OC)CC1c1ccccc1F)C(=O)c1cccs1. The van der Waals surface area contributed by atoms with Crippen LogP contribution in [0.5, 0.6) is 11.5 Å². The average Bonchev–Trinajstić information content (AvgIpc) is 3.61. The monoisotopic (exact) mass is 525 g/mol. The summed E-state index contributed by atoms with van der Waals surface area (Å²) in [6.45, 7) is 0.250. The first-order valence-electron chi connectivity index (χ1n) is 11.6. The van der Waals surface area contributed by atoms with Crippen molar-refractivity contribution in [2.75, 3.05) is 41.0 Å². The van der Waals surface area contributed by atoms with Gasteiger partial charge in [-0.1, -0.05) is 24.3 Å². The van der Waals surface area contributed by atoms with E-state index >= 15 is 0 Å². The standard InChI is InChI=1S/C27H28FN3O5S/c1-34-13-12-30(27(33)25-9-6-14-37-25)17-26(32)31-23(19-7-4-5-8-21(19)28)16-22(29-31)20-11-10-18(35-2)15-24(20)36-3/h4-11,14-15,23H,12-13,16-17H2,1-3H3. The Morgan fingerprint density at radius 1 is 1.11 bits per heavy atom. The zero-order valence-electron chi connectivity index (χ0n) is 20.8. The van der Waals surface area contributed by atoms with Crippen LogP contribution in [0, 0.1) is 5.82 Å². The number of halogens is 1. The highest BCUT2D eigenvalue weighted by molar-refractivity contribution is 7.12. The Bertz CT molecular complexity index is 1280. The molecule has 37 heavy (non-hydrogen) atoms. The van der Waals surface area contributed by atoms with Crippen LogP contribution >= 0.6 is 11.3 Å². The fourth-order valence-corrected chi connectivity index (χ4v) is 4.86. The first-order valence-corrected chi connectivity index (χ1v) is 12.5. The predicted molar refractivity (Wildman–Crippen MR) is 139 cm³/mol. The maximum atomic E-state index is 14.9. The Labute approximate surface area is 218 Å². The van der Waals surface area contributed by atoms with Crippen molar-refractivity contribution in [3.05, 3.63) is 81.8 Å². The van der Waals surface area contributed by atoms with Crippen LogP contribution < -0.4 is 9.47 Å². The third-order valence-electron chi connectivity index (χ3n) is 6.06. The van der Waals surface area contributed by atoms with E-state index in [1.165, 1.54) is 41.5 Å². The van der Waals surface area contributed by atoms with E-state index in [-0.39, 0.29) is 32.0 Å². The smallest absolute Gasteiger partial charge is 0.264 e. The molecule has 0 N–H and O–H groups in total. The first-order chi connectivity index (χ1) is 18.0. The number of methoxy groups -OCH3 is 3. The lowest BCUT2D eigenvalue weighted by atomic mass is 9.97. The molecular formula is C27H28FN3O5S. The predicted octanol–water partition coefficient (Wildman–Crippen LogP) is 4.37. The van der Waals surface area contributed by atoms with Gasteiger partial charge < -0.3 is 19.1 Å². The molecule has 1 atom stereocenters. The highest BCUT2D eigenvalue weighted by Crippen LogP contribution is 2.37. The molecule has 0 aliphatic carbocycles. The average molecular weight is 526 g/mol. The number of carbonyl (C=O) groups excluding carboxylic acids is 2. The minimum absolute atomic E-state index is 0.222. The Kier molecular flexibility index (Phi) is 8.52. The summed E-state index contributed by atoms with van der Waals surface area (Å²) in [6.07, 6.45) is 0.270. The molecule has 2 heterocycles. The van der Waals surface area contributed by atoms with Crippen molar-refractivity contribution in [1.29, 1.82) is 0 Å². The molecule has 0 saturated carbocycles. The molecule has 194 valence electrons. The van der Waals surface area contributed by atoms with Crippen molar-refractivity contribution in [2.45, 2.75) is 12.5 Å². The molecule has 2 amide bonds. The second-order valence-corrected chi connectivity index (χ2v) is 9.24. The second kappa shape index (κ2) is 12.0. The Morgan fingerprint density at radius 3 is 2.59 bits per heavy atom. The maximum Gasteiger partial charge on any atom is 0.264 e. The number of ether oxygens (including phenoxy) is 3. The summed E-state index contributed by atoms with van der Waals surface area (Å²) < 4.78 is 30.9. The van der Waals surface area contributed by atoms with Crippen LogP contribution in [0.2, 0.25) is 0 Å². The number of benzene rings is 2. The van der Waals surface area contributed by atoms with E-state index in [2.05, 4.69) is 5.10 Å². The molecule has 3 aromatic rings. The van der Waals surface area contributed by atoms with Crippen LogP contribution in [0.1, 0.15) is 33.3 Å².